The molecule has 114 valence electrons. The summed E-state index contributed by atoms with van der Waals surface area (Å²) in [5, 5.41) is 9.84. The zero-order chi connectivity index (χ0) is 15.6. The number of benzene rings is 1. The van der Waals surface area contributed by atoms with Crippen LogP contribution in [0.3, 0.4) is 0 Å². The van der Waals surface area contributed by atoms with Crippen LogP contribution in [0.4, 0.5) is 0 Å². The van der Waals surface area contributed by atoms with E-state index in [0.717, 1.165) is 5.56 Å². The van der Waals surface area contributed by atoms with E-state index in [0.29, 0.717) is 16.6 Å². The quantitative estimate of drug-likeness (QED) is 0.922. The zero-order valence-electron chi connectivity index (χ0n) is 11.4. The average molecular weight is 332 g/mol. The molecule has 0 aliphatic carbocycles. The fraction of sp³-hybridized carbons (Fsp3) is 0.429. The summed E-state index contributed by atoms with van der Waals surface area (Å²) in [5.74, 6) is -1.22. The smallest absolute Gasteiger partial charge is 0.334 e. The Labute approximate surface area is 132 Å². The van der Waals surface area contributed by atoms with E-state index in [1.54, 1.807) is 25.1 Å². The molecule has 1 N–H and O–H groups in total. The minimum Gasteiger partial charge on any atom is -0.479 e. The minimum absolute atomic E-state index is 0.0554. The van der Waals surface area contributed by atoms with Gasteiger partial charge in [-0.3, -0.25) is 4.79 Å². The molecule has 1 amide bonds. The fourth-order valence-electron chi connectivity index (χ4n) is 2.23. The Hall–Kier alpha value is -1.30. The molecule has 7 heteroatoms. The van der Waals surface area contributed by atoms with E-state index in [1.807, 2.05) is 0 Å². The van der Waals surface area contributed by atoms with Crippen LogP contribution >= 0.6 is 23.2 Å². The van der Waals surface area contributed by atoms with E-state index >= 15 is 0 Å². The lowest BCUT2D eigenvalue weighted by Crippen LogP contribution is -2.52. The number of carboxylic acids is 1. The molecule has 0 radical (unpaired) electrons. The van der Waals surface area contributed by atoms with Gasteiger partial charge in [-0.2, -0.15) is 0 Å². The molecule has 0 bridgehead atoms. The van der Waals surface area contributed by atoms with Crippen LogP contribution in [0, 0.1) is 0 Å². The highest BCUT2D eigenvalue weighted by Gasteiger charge is 2.32. The topological polar surface area (TPSA) is 66.8 Å². The lowest BCUT2D eigenvalue weighted by molar-refractivity contribution is -0.166. The van der Waals surface area contributed by atoms with Gasteiger partial charge in [0.05, 0.1) is 29.1 Å². The molecule has 1 heterocycles. The van der Waals surface area contributed by atoms with Crippen LogP contribution in [-0.4, -0.2) is 47.2 Å². The Morgan fingerprint density at radius 2 is 2.05 bits per heavy atom. The predicted molar refractivity (Wildman–Crippen MR) is 78.7 cm³/mol. The van der Waals surface area contributed by atoms with Gasteiger partial charge in [-0.05, 0) is 24.6 Å². The van der Waals surface area contributed by atoms with Gasteiger partial charge in [0.25, 0.3) is 0 Å². The van der Waals surface area contributed by atoms with Gasteiger partial charge in [0, 0.05) is 6.54 Å². The van der Waals surface area contributed by atoms with Gasteiger partial charge in [-0.1, -0.05) is 29.3 Å². The molecule has 21 heavy (non-hydrogen) atoms. The van der Waals surface area contributed by atoms with Crippen molar-refractivity contribution in [3.63, 3.8) is 0 Å². The second kappa shape index (κ2) is 6.64. The summed E-state index contributed by atoms with van der Waals surface area (Å²) in [5.41, 5.74) is 0.736. The number of aliphatic carboxylic acids is 1. The van der Waals surface area contributed by atoms with Gasteiger partial charge >= 0.3 is 5.97 Å². The maximum absolute atomic E-state index is 12.3. The number of halogens is 2. The van der Waals surface area contributed by atoms with Gasteiger partial charge in [-0.15, -0.1) is 0 Å². The van der Waals surface area contributed by atoms with Gasteiger partial charge < -0.3 is 14.7 Å². The lowest BCUT2D eigenvalue weighted by atomic mass is 10.1. The average Bonchev–Trinajstić information content (AvgIpc) is 2.42. The zero-order valence-corrected chi connectivity index (χ0v) is 12.9. The van der Waals surface area contributed by atoms with E-state index in [9.17, 15) is 9.59 Å². The summed E-state index contributed by atoms with van der Waals surface area (Å²) in [6, 6.07) is 5.00. The molecule has 1 unspecified atom stereocenters. The first-order valence-corrected chi connectivity index (χ1v) is 7.22. The van der Waals surface area contributed by atoms with E-state index in [-0.39, 0.29) is 25.0 Å². The first-order valence-electron chi connectivity index (χ1n) is 6.46. The van der Waals surface area contributed by atoms with Gasteiger partial charge in [0.2, 0.25) is 5.91 Å². The Bertz CT molecular complexity index is 564. The number of ether oxygens (including phenoxy) is 1. The molecule has 1 saturated heterocycles. The number of rotatable bonds is 3. The van der Waals surface area contributed by atoms with Crippen molar-refractivity contribution in [2.24, 2.45) is 0 Å². The van der Waals surface area contributed by atoms with E-state index < -0.39 is 12.1 Å². The summed E-state index contributed by atoms with van der Waals surface area (Å²) in [7, 11) is 0. The Kier molecular flexibility index (Phi) is 5.08. The number of morpholine rings is 1. The van der Waals surface area contributed by atoms with Crippen LogP contribution in [-0.2, 0) is 20.7 Å². The second-order valence-electron chi connectivity index (χ2n) is 5.00. The molecular formula is C14H15Cl2NO4. The standard InChI is InChI=1S/C14H15Cl2NO4/c1-8-6-17(7-12(21-8)14(19)20)13(18)5-9-2-3-10(15)11(16)4-9/h2-4,8,12H,5-7H2,1H3,(H,19,20)/t8-,12?/m1/s1. The van der Waals surface area contributed by atoms with Crippen molar-refractivity contribution < 1.29 is 19.4 Å². The highest BCUT2D eigenvalue weighted by Crippen LogP contribution is 2.23. The molecule has 1 aliphatic heterocycles. The summed E-state index contributed by atoms with van der Waals surface area (Å²) in [6.07, 6.45) is -1.14. The van der Waals surface area contributed by atoms with Crippen molar-refractivity contribution >= 4 is 35.1 Å². The third kappa shape index (κ3) is 4.09. The van der Waals surface area contributed by atoms with Gasteiger partial charge in [0.1, 0.15) is 0 Å². The molecule has 0 aromatic heterocycles. The van der Waals surface area contributed by atoms with Crippen LogP contribution < -0.4 is 0 Å². The largest absolute Gasteiger partial charge is 0.479 e. The molecule has 1 aromatic carbocycles. The number of hydrogen-bond donors (Lipinski definition) is 1. The highest BCUT2D eigenvalue weighted by atomic mass is 35.5. The van der Waals surface area contributed by atoms with Crippen LogP contribution in [0.15, 0.2) is 18.2 Å². The molecule has 1 aromatic rings. The Morgan fingerprint density at radius 1 is 1.33 bits per heavy atom. The molecule has 2 atom stereocenters. The summed E-state index contributed by atoms with van der Waals surface area (Å²) >= 11 is 11.7. The van der Waals surface area contributed by atoms with Crippen molar-refractivity contribution in [2.45, 2.75) is 25.6 Å². The third-order valence-electron chi connectivity index (χ3n) is 3.23. The first kappa shape index (κ1) is 16.1. The van der Waals surface area contributed by atoms with Crippen LogP contribution in [0.1, 0.15) is 12.5 Å². The van der Waals surface area contributed by atoms with Crippen LogP contribution in [0.2, 0.25) is 10.0 Å². The Morgan fingerprint density at radius 3 is 2.67 bits per heavy atom. The van der Waals surface area contributed by atoms with E-state index in [4.69, 9.17) is 33.0 Å². The summed E-state index contributed by atoms with van der Waals surface area (Å²) < 4.78 is 5.28. The highest BCUT2D eigenvalue weighted by molar-refractivity contribution is 6.42. The first-order chi connectivity index (χ1) is 9.86. The van der Waals surface area contributed by atoms with Crippen molar-refractivity contribution in [1.29, 1.82) is 0 Å². The maximum Gasteiger partial charge on any atom is 0.334 e. The normalized spacial score (nSPS) is 22.1. The summed E-state index contributed by atoms with van der Waals surface area (Å²) in [6.45, 7) is 2.18. The van der Waals surface area contributed by atoms with Crippen molar-refractivity contribution in [3.05, 3.63) is 33.8 Å². The predicted octanol–water partition coefficient (Wildman–Crippen LogP) is 2.24. The van der Waals surface area contributed by atoms with Crippen LogP contribution in [0.5, 0.6) is 0 Å². The van der Waals surface area contributed by atoms with Crippen LogP contribution in [0.25, 0.3) is 0 Å². The van der Waals surface area contributed by atoms with E-state index in [2.05, 4.69) is 0 Å². The molecule has 1 aliphatic rings. The van der Waals surface area contributed by atoms with Gasteiger partial charge in [-0.25, -0.2) is 4.79 Å². The number of amides is 1. The van der Waals surface area contributed by atoms with Crippen molar-refractivity contribution in [3.8, 4) is 0 Å². The molecular weight excluding hydrogens is 317 g/mol. The molecule has 0 spiro atoms. The molecule has 5 nitrogen and oxygen atoms in total. The van der Waals surface area contributed by atoms with Crippen molar-refractivity contribution in [1.82, 2.24) is 4.90 Å². The molecule has 1 fully saturated rings. The summed E-state index contributed by atoms with van der Waals surface area (Å²) in [4.78, 5) is 24.8. The number of carbonyl (C=O) groups is 2. The lowest BCUT2D eigenvalue weighted by Gasteiger charge is -2.35. The van der Waals surface area contributed by atoms with Crippen molar-refractivity contribution in [2.75, 3.05) is 13.1 Å². The molecule has 2 rings (SSSR count). The monoisotopic (exact) mass is 331 g/mol. The number of carbonyl (C=O) groups excluding carboxylic acids is 1. The number of nitrogens with zero attached hydrogens (tertiary/aromatic N) is 1. The SMILES string of the molecule is C[C@@H]1CN(C(=O)Cc2ccc(Cl)c(Cl)c2)CC(C(=O)O)O1. The second-order valence-corrected chi connectivity index (χ2v) is 5.81. The van der Waals surface area contributed by atoms with E-state index in [1.165, 1.54) is 4.90 Å². The fourth-order valence-corrected chi connectivity index (χ4v) is 2.55. The maximum atomic E-state index is 12.3. The molecule has 0 saturated carbocycles. The minimum atomic E-state index is -1.06. The Balaban J connectivity index is 2.05. The van der Waals surface area contributed by atoms with Gasteiger partial charge in [0.15, 0.2) is 6.10 Å². The number of carboxylic acid groups (broad SMARTS) is 1. The third-order valence-corrected chi connectivity index (χ3v) is 3.97. The number of hydrogen-bond acceptors (Lipinski definition) is 3.